The molecule has 0 radical (unpaired) electrons. The summed E-state index contributed by atoms with van der Waals surface area (Å²) in [5.41, 5.74) is 2.80. The molecule has 0 saturated carbocycles. The van der Waals surface area contributed by atoms with Crippen molar-refractivity contribution in [2.75, 3.05) is 11.5 Å². The number of carbonyl (C=O) groups is 2. The number of hydrogen-bond donors (Lipinski definition) is 1. The Morgan fingerprint density at radius 1 is 0.971 bits per heavy atom. The number of anilines is 1. The summed E-state index contributed by atoms with van der Waals surface area (Å²) in [6.45, 7) is 2.34. The molecule has 1 unspecified atom stereocenters. The van der Waals surface area contributed by atoms with E-state index < -0.39 is 17.7 Å². The van der Waals surface area contributed by atoms with E-state index in [1.54, 1.807) is 36.4 Å². The van der Waals surface area contributed by atoms with Gasteiger partial charge in [0, 0.05) is 41.0 Å². The molecular weight excluding hydrogens is 428 g/mol. The van der Waals surface area contributed by atoms with E-state index >= 15 is 0 Å². The van der Waals surface area contributed by atoms with E-state index in [1.165, 1.54) is 4.90 Å². The Kier molecular flexibility index (Phi) is 5.42. The van der Waals surface area contributed by atoms with E-state index in [0.717, 1.165) is 16.5 Å². The van der Waals surface area contributed by atoms with Crippen LogP contribution in [0.3, 0.4) is 0 Å². The number of Topliss-reactive ketones (excluding diaryl/α,β-unsaturated/α-hetero) is 1. The lowest BCUT2D eigenvalue weighted by Gasteiger charge is -2.25. The summed E-state index contributed by atoms with van der Waals surface area (Å²) < 4.78 is 7.53. The number of ether oxygens (including phenoxy) is 1. The van der Waals surface area contributed by atoms with Crippen LogP contribution in [-0.4, -0.2) is 28.0 Å². The highest BCUT2D eigenvalue weighted by molar-refractivity contribution is 6.51. The first kappa shape index (κ1) is 21.5. The van der Waals surface area contributed by atoms with Crippen molar-refractivity contribution >= 4 is 34.0 Å². The van der Waals surface area contributed by atoms with Crippen molar-refractivity contribution in [3.05, 3.63) is 102 Å². The number of aryl methyl sites for hydroxylation is 1. The molecule has 1 N–H and O–H groups in total. The Hall–Kier alpha value is -4.32. The molecule has 1 atom stereocenters. The van der Waals surface area contributed by atoms with Crippen molar-refractivity contribution < 1.29 is 19.4 Å². The molecule has 6 heteroatoms. The van der Waals surface area contributed by atoms with E-state index in [0.29, 0.717) is 23.6 Å². The fourth-order valence-corrected chi connectivity index (χ4v) is 4.63. The number of nitrogens with zero attached hydrogens (tertiary/aromatic N) is 2. The predicted octanol–water partition coefficient (Wildman–Crippen LogP) is 5.20. The van der Waals surface area contributed by atoms with Gasteiger partial charge in [-0.2, -0.15) is 0 Å². The first-order valence-corrected chi connectivity index (χ1v) is 11.1. The zero-order valence-corrected chi connectivity index (χ0v) is 18.9. The van der Waals surface area contributed by atoms with Crippen molar-refractivity contribution in [3.8, 4) is 5.75 Å². The highest BCUT2D eigenvalue weighted by Crippen LogP contribution is 2.44. The molecule has 0 aliphatic carbocycles. The van der Waals surface area contributed by atoms with Gasteiger partial charge in [-0.1, -0.05) is 48.5 Å². The van der Waals surface area contributed by atoms with Gasteiger partial charge in [0.1, 0.15) is 11.5 Å². The summed E-state index contributed by atoms with van der Waals surface area (Å²) in [4.78, 5) is 28.2. The number of aliphatic hydroxyl groups excluding tert-OH is 1. The lowest BCUT2D eigenvalue weighted by atomic mass is 9.94. The van der Waals surface area contributed by atoms with Gasteiger partial charge in [0.2, 0.25) is 0 Å². The average Bonchev–Trinajstić information content (AvgIpc) is 3.33. The van der Waals surface area contributed by atoms with E-state index in [9.17, 15) is 14.7 Å². The molecule has 0 bridgehead atoms. The highest BCUT2D eigenvalue weighted by Gasteiger charge is 2.47. The minimum atomic E-state index is -0.788. The van der Waals surface area contributed by atoms with Gasteiger partial charge in [0.25, 0.3) is 11.7 Å². The van der Waals surface area contributed by atoms with E-state index in [1.807, 2.05) is 67.2 Å². The van der Waals surface area contributed by atoms with Crippen LogP contribution in [0.25, 0.3) is 16.7 Å². The fraction of sp³-hybridized carbons (Fsp3) is 0.143. The molecule has 2 heterocycles. The molecule has 34 heavy (non-hydrogen) atoms. The summed E-state index contributed by atoms with van der Waals surface area (Å²) >= 11 is 0. The SMILES string of the molecule is CCOc1cccc(/C(O)=C2\C(=O)C(=O)N(c3ccccc3)C2c2cn(C)c3ccccc23)c1. The van der Waals surface area contributed by atoms with Crippen molar-refractivity contribution in [2.45, 2.75) is 13.0 Å². The number of fused-ring (bicyclic) bond motifs is 1. The molecule has 1 aliphatic rings. The maximum Gasteiger partial charge on any atom is 0.300 e. The smallest absolute Gasteiger partial charge is 0.300 e. The largest absolute Gasteiger partial charge is 0.507 e. The van der Waals surface area contributed by atoms with Gasteiger partial charge in [0.05, 0.1) is 18.2 Å². The molecule has 1 aliphatic heterocycles. The van der Waals surface area contributed by atoms with Gasteiger partial charge in [-0.3, -0.25) is 14.5 Å². The van der Waals surface area contributed by atoms with Crippen LogP contribution in [0.2, 0.25) is 0 Å². The van der Waals surface area contributed by atoms with Gasteiger partial charge >= 0.3 is 0 Å². The topological polar surface area (TPSA) is 71.8 Å². The maximum atomic E-state index is 13.4. The number of carbonyl (C=O) groups excluding carboxylic acids is 2. The van der Waals surface area contributed by atoms with Gasteiger partial charge in [0.15, 0.2) is 0 Å². The Balaban J connectivity index is 1.78. The predicted molar refractivity (Wildman–Crippen MR) is 132 cm³/mol. The van der Waals surface area contributed by atoms with Crippen LogP contribution < -0.4 is 9.64 Å². The standard InChI is InChI=1S/C28H24N2O4/c1-3-34-20-13-9-10-18(16-20)26(31)24-25(22-17-29(2)23-15-8-7-14-21(22)23)30(28(33)27(24)32)19-11-5-4-6-12-19/h4-17,25,31H,3H2,1-2H3/b26-24+. The Morgan fingerprint density at radius 2 is 1.71 bits per heavy atom. The molecular formula is C28H24N2O4. The number of rotatable bonds is 5. The summed E-state index contributed by atoms with van der Waals surface area (Å²) in [6, 6.07) is 23.0. The normalized spacial score (nSPS) is 17.5. The van der Waals surface area contributed by atoms with Crippen LogP contribution in [0.5, 0.6) is 5.75 Å². The third kappa shape index (κ3) is 3.44. The molecule has 4 aromatic rings. The number of para-hydroxylation sites is 2. The van der Waals surface area contributed by atoms with E-state index in [4.69, 9.17) is 4.74 Å². The third-order valence-electron chi connectivity index (χ3n) is 6.12. The summed E-state index contributed by atoms with van der Waals surface area (Å²) in [5, 5.41) is 12.3. The Bertz CT molecular complexity index is 1440. The molecule has 1 aromatic heterocycles. The minimum absolute atomic E-state index is 0.0545. The highest BCUT2D eigenvalue weighted by atomic mass is 16.5. The second kappa shape index (κ2) is 8.56. The number of amides is 1. The van der Waals surface area contributed by atoms with Gasteiger partial charge in [-0.05, 0) is 37.3 Å². The zero-order chi connectivity index (χ0) is 23.8. The Labute approximate surface area is 197 Å². The average molecular weight is 453 g/mol. The van der Waals surface area contributed by atoms with Crippen molar-refractivity contribution in [3.63, 3.8) is 0 Å². The second-order valence-electron chi connectivity index (χ2n) is 8.18. The fourth-order valence-electron chi connectivity index (χ4n) is 4.63. The molecule has 1 fully saturated rings. The van der Waals surface area contributed by atoms with Crippen molar-refractivity contribution in [1.82, 2.24) is 4.57 Å². The van der Waals surface area contributed by atoms with Crippen LogP contribution in [0.15, 0.2) is 90.6 Å². The van der Waals surface area contributed by atoms with Gasteiger partial charge < -0.3 is 14.4 Å². The molecule has 1 saturated heterocycles. The lowest BCUT2D eigenvalue weighted by Crippen LogP contribution is -2.29. The number of aliphatic hydroxyl groups is 1. The monoisotopic (exact) mass is 452 g/mol. The number of benzene rings is 3. The first-order valence-electron chi connectivity index (χ1n) is 11.1. The third-order valence-corrected chi connectivity index (χ3v) is 6.12. The maximum absolute atomic E-state index is 13.4. The van der Waals surface area contributed by atoms with Crippen molar-refractivity contribution in [2.24, 2.45) is 7.05 Å². The summed E-state index contributed by atoms with van der Waals surface area (Å²) in [7, 11) is 1.92. The van der Waals surface area contributed by atoms with E-state index in [2.05, 4.69) is 0 Å². The molecule has 1 amide bonds. The van der Waals surface area contributed by atoms with Gasteiger partial charge in [-0.25, -0.2) is 0 Å². The Morgan fingerprint density at radius 3 is 2.47 bits per heavy atom. The molecule has 3 aromatic carbocycles. The van der Waals surface area contributed by atoms with Crippen LogP contribution >= 0.6 is 0 Å². The second-order valence-corrected chi connectivity index (χ2v) is 8.18. The van der Waals surface area contributed by atoms with Crippen molar-refractivity contribution in [1.29, 1.82) is 0 Å². The molecule has 5 rings (SSSR count). The molecule has 170 valence electrons. The van der Waals surface area contributed by atoms with Crippen LogP contribution in [0, 0.1) is 0 Å². The van der Waals surface area contributed by atoms with E-state index in [-0.39, 0.29) is 11.3 Å². The molecule has 0 spiro atoms. The first-order chi connectivity index (χ1) is 16.5. The van der Waals surface area contributed by atoms with Crippen LogP contribution in [0.4, 0.5) is 5.69 Å². The minimum Gasteiger partial charge on any atom is -0.507 e. The summed E-state index contributed by atoms with van der Waals surface area (Å²) in [6.07, 6.45) is 1.92. The number of aromatic nitrogens is 1. The number of ketones is 1. The quantitative estimate of drug-likeness (QED) is 0.257. The number of hydrogen-bond acceptors (Lipinski definition) is 4. The van der Waals surface area contributed by atoms with Crippen LogP contribution in [0.1, 0.15) is 24.1 Å². The lowest BCUT2D eigenvalue weighted by molar-refractivity contribution is -0.132. The van der Waals surface area contributed by atoms with Crippen LogP contribution in [-0.2, 0) is 16.6 Å². The van der Waals surface area contributed by atoms with Gasteiger partial charge in [-0.15, -0.1) is 0 Å². The summed E-state index contributed by atoms with van der Waals surface area (Å²) in [5.74, 6) is -1.05. The zero-order valence-electron chi connectivity index (χ0n) is 18.9. The molecule has 6 nitrogen and oxygen atoms in total.